The fourth-order valence-corrected chi connectivity index (χ4v) is 9.37. The van der Waals surface area contributed by atoms with Crippen molar-refractivity contribution in [3.8, 4) is 50.2 Å². The van der Waals surface area contributed by atoms with Gasteiger partial charge in [-0.25, -0.2) is 0 Å². The molecule has 0 aliphatic carbocycles. The second kappa shape index (κ2) is 15.3. The van der Waals surface area contributed by atoms with Crippen molar-refractivity contribution in [2.45, 2.75) is 0 Å². The Labute approximate surface area is 366 Å². The van der Waals surface area contributed by atoms with Gasteiger partial charge in [-0.1, -0.05) is 170 Å². The molecule has 0 atom stereocenters. The van der Waals surface area contributed by atoms with E-state index in [4.69, 9.17) is 4.42 Å². The molecule has 0 radical (unpaired) electrons. The predicted octanol–water partition coefficient (Wildman–Crippen LogP) is 16.8. The molecule has 2 heterocycles. The first-order chi connectivity index (χ1) is 31.2. The molecular weight excluding hydrogens is 765 g/mol. The monoisotopic (exact) mass is 804 g/mol. The Morgan fingerprint density at radius 2 is 0.746 bits per heavy atom. The largest absolute Gasteiger partial charge is 0.456 e. The number of rotatable bonds is 8. The summed E-state index contributed by atoms with van der Waals surface area (Å²) in [5, 5.41) is 4.80. The summed E-state index contributed by atoms with van der Waals surface area (Å²) in [4.78, 5) is 2.35. The molecule has 296 valence electrons. The molecule has 0 N–H and O–H groups in total. The van der Waals surface area contributed by atoms with E-state index in [0.717, 1.165) is 55.8 Å². The molecule has 0 unspecified atom stereocenters. The van der Waals surface area contributed by atoms with Crippen molar-refractivity contribution < 1.29 is 4.42 Å². The number of aromatic nitrogens is 1. The average Bonchev–Trinajstić information content (AvgIpc) is 3.91. The molecule has 2 aromatic heterocycles. The van der Waals surface area contributed by atoms with Crippen LogP contribution in [0.4, 0.5) is 17.1 Å². The van der Waals surface area contributed by atoms with Crippen LogP contribution >= 0.6 is 0 Å². The van der Waals surface area contributed by atoms with Crippen molar-refractivity contribution >= 4 is 60.8 Å². The van der Waals surface area contributed by atoms with E-state index in [1.54, 1.807) is 0 Å². The van der Waals surface area contributed by atoms with Crippen molar-refractivity contribution in [1.29, 1.82) is 0 Å². The number of hydrogen-bond donors (Lipinski definition) is 0. The maximum Gasteiger partial charge on any atom is 0.136 e. The van der Waals surface area contributed by atoms with Gasteiger partial charge in [-0.3, -0.25) is 0 Å². The Morgan fingerprint density at radius 3 is 1.35 bits per heavy atom. The summed E-state index contributed by atoms with van der Waals surface area (Å²) in [7, 11) is 0. The number of hydrogen-bond acceptors (Lipinski definition) is 2. The van der Waals surface area contributed by atoms with E-state index in [0.29, 0.717) is 0 Å². The molecule has 0 fully saturated rings. The molecule has 0 saturated carbocycles. The smallest absolute Gasteiger partial charge is 0.136 e. The highest BCUT2D eigenvalue weighted by Gasteiger charge is 2.17. The van der Waals surface area contributed by atoms with Crippen LogP contribution in [0.25, 0.3) is 93.9 Å². The number of para-hydroxylation sites is 3. The highest BCUT2D eigenvalue weighted by molar-refractivity contribution is 6.12. The van der Waals surface area contributed by atoms with Crippen LogP contribution in [-0.4, -0.2) is 4.57 Å². The molecule has 12 aromatic rings. The summed E-state index contributed by atoms with van der Waals surface area (Å²) in [6.07, 6.45) is 0. The van der Waals surface area contributed by atoms with Crippen LogP contribution in [0.2, 0.25) is 0 Å². The fourth-order valence-electron chi connectivity index (χ4n) is 9.37. The maximum atomic E-state index is 6.28. The molecular formula is C60H40N2O. The van der Waals surface area contributed by atoms with E-state index < -0.39 is 0 Å². The minimum absolute atomic E-state index is 0.893. The van der Waals surface area contributed by atoms with Gasteiger partial charge in [0.15, 0.2) is 0 Å². The number of furan rings is 1. The lowest BCUT2D eigenvalue weighted by Gasteiger charge is -2.26. The predicted molar refractivity (Wildman–Crippen MR) is 264 cm³/mol. The summed E-state index contributed by atoms with van der Waals surface area (Å²) in [6.45, 7) is 0. The van der Waals surface area contributed by atoms with Gasteiger partial charge in [0, 0.05) is 44.3 Å². The first kappa shape index (κ1) is 36.5. The minimum Gasteiger partial charge on any atom is -0.456 e. The third kappa shape index (κ3) is 6.46. The van der Waals surface area contributed by atoms with Gasteiger partial charge in [-0.05, 0) is 117 Å². The van der Waals surface area contributed by atoms with Crippen molar-refractivity contribution in [2.24, 2.45) is 0 Å². The first-order valence-electron chi connectivity index (χ1n) is 21.5. The van der Waals surface area contributed by atoms with Crippen LogP contribution < -0.4 is 4.90 Å². The van der Waals surface area contributed by atoms with Crippen LogP contribution in [0, 0.1) is 0 Å². The molecule has 0 saturated heterocycles. The van der Waals surface area contributed by atoms with E-state index in [1.165, 1.54) is 55.2 Å². The highest BCUT2D eigenvalue weighted by atomic mass is 16.3. The number of benzene rings is 10. The molecule has 0 bridgehead atoms. The van der Waals surface area contributed by atoms with E-state index in [-0.39, 0.29) is 0 Å². The van der Waals surface area contributed by atoms with Crippen molar-refractivity contribution in [3.05, 3.63) is 243 Å². The van der Waals surface area contributed by atoms with Crippen LogP contribution in [0.5, 0.6) is 0 Å². The first-order valence-corrected chi connectivity index (χ1v) is 21.5. The second-order valence-corrected chi connectivity index (χ2v) is 16.1. The summed E-state index contributed by atoms with van der Waals surface area (Å²) in [5.74, 6) is 0. The lowest BCUT2D eigenvalue weighted by Crippen LogP contribution is -2.10. The van der Waals surface area contributed by atoms with E-state index in [1.807, 2.05) is 12.1 Å². The van der Waals surface area contributed by atoms with Crippen LogP contribution in [0.1, 0.15) is 0 Å². The van der Waals surface area contributed by atoms with Crippen LogP contribution in [0.3, 0.4) is 0 Å². The van der Waals surface area contributed by atoms with Crippen molar-refractivity contribution in [1.82, 2.24) is 4.57 Å². The van der Waals surface area contributed by atoms with Crippen molar-refractivity contribution in [2.75, 3.05) is 4.90 Å². The number of fused-ring (bicyclic) bond motifs is 6. The van der Waals surface area contributed by atoms with Gasteiger partial charge in [0.25, 0.3) is 0 Å². The molecule has 0 aliphatic rings. The minimum atomic E-state index is 0.893. The van der Waals surface area contributed by atoms with Gasteiger partial charge >= 0.3 is 0 Å². The summed E-state index contributed by atoms with van der Waals surface area (Å²) >= 11 is 0. The van der Waals surface area contributed by atoms with Crippen LogP contribution in [-0.2, 0) is 0 Å². The Bertz CT molecular complexity index is 3530. The zero-order valence-electron chi connectivity index (χ0n) is 34.4. The second-order valence-electron chi connectivity index (χ2n) is 16.1. The zero-order chi connectivity index (χ0) is 41.7. The van der Waals surface area contributed by atoms with E-state index in [9.17, 15) is 0 Å². The topological polar surface area (TPSA) is 21.3 Å². The quantitative estimate of drug-likeness (QED) is 0.153. The average molecular weight is 805 g/mol. The molecule has 0 aliphatic heterocycles. The summed E-state index contributed by atoms with van der Waals surface area (Å²) in [6, 6.07) is 87.0. The summed E-state index contributed by atoms with van der Waals surface area (Å²) in [5.41, 5.74) is 18.0. The lowest BCUT2D eigenvalue weighted by molar-refractivity contribution is 0.669. The Kier molecular flexibility index (Phi) is 8.83. The zero-order valence-corrected chi connectivity index (χ0v) is 34.4. The maximum absolute atomic E-state index is 6.28. The molecule has 0 spiro atoms. The Balaban J connectivity index is 0.867. The van der Waals surface area contributed by atoms with Crippen molar-refractivity contribution in [3.63, 3.8) is 0 Å². The third-order valence-electron chi connectivity index (χ3n) is 12.4. The SMILES string of the molecule is c1ccc(-c2ccc(N(c3ccc(-c4ccc(-c5ccc(-n6c7ccccc7c7ccccc76)cc5)cc4)cc3)c3cccc(-c4cccc5oc6ccccc6c45)c3)cc2)cc1. The Hall–Kier alpha value is -8.40. The third-order valence-corrected chi connectivity index (χ3v) is 12.4. The summed E-state index contributed by atoms with van der Waals surface area (Å²) < 4.78 is 8.65. The lowest BCUT2D eigenvalue weighted by atomic mass is 9.98. The van der Waals surface area contributed by atoms with Gasteiger partial charge in [0.1, 0.15) is 11.2 Å². The van der Waals surface area contributed by atoms with Gasteiger partial charge in [0.2, 0.25) is 0 Å². The fraction of sp³-hybridized carbons (Fsp3) is 0. The standard InChI is InChI=1S/C60H40N2O/c1-2-12-41(13-3-1)44-28-34-48(35-29-44)61(51-15-10-14-47(40-51)52-19-11-23-59-60(52)55-18-6-9-22-58(55)63-59)49-36-30-45(31-37-49)42-24-26-43(27-25-42)46-32-38-50(39-33-46)62-56-20-7-4-16-53(56)54-17-5-8-21-57(54)62/h1-40H. The molecule has 0 amide bonds. The molecule has 3 heteroatoms. The number of anilines is 3. The molecule has 3 nitrogen and oxygen atoms in total. The van der Waals surface area contributed by atoms with Gasteiger partial charge < -0.3 is 13.9 Å². The highest BCUT2D eigenvalue weighted by Crippen LogP contribution is 2.42. The van der Waals surface area contributed by atoms with E-state index in [2.05, 4.69) is 240 Å². The van der Waals surface area contributed by atoms with Gasteiger partial charge in [-0.2, -0.15) is 0 Å². The molecule has 10 aromatic carbocycles. The normalized spacial score (nSPS) is 11.5. The van der Waals surface area contributed by atoms with Gasteiger partial charge in [-0.15, -0.1) is 0 Å². The molecule has 63 heavy (non-hydrogen) atoms. The van der Waals surface area contributed by atoms with Crippen LogP contribution in [0.15, 0.2) is 247 Å². The number of nitrogens with zero attached hydrogens (tertiary/aromatic N) is 2. The Morgan fingerprint density at radius 1 is 0.302 bits per heavy atom. The molecule has 12 rings (SSSR count). The van der Waals surface area contributed by atoms with E-state index >= 15 is 0 Å². The van der Waals surface area contributed by atoms with Gasteiger partial charge in [0.05, 0.1) is 11.0 Å².